The van der Waals surface area contributed by atoms with Crippen LogP contribution in [0.2, 0.25) is 5.02 Å². The number of esters is 1. The van der Waals surface area contributed by atoms with Crippen molar-refractivity contribution in [3.63, 3.8) is 0 Å². The summed E-state index contributed by atoms with van der Waals surface area (Å²) in [6.07, 6.45) is -2.73. The first-order valence-corrected chi connectivity index (χ1v) is 9.91. The molecule has 178 valence electrons. The smallest absolute Gasteiger partial charge is 0.431 e. The van der Waals surface area contributed by atoms with Crippen molar-refractivity contribution in [3.05, 3.63) is 57.2 Å². The Bertz CT molecular complexity index is 1180. The number of benzene rings is 1. The zero-order valence-electron chi connectivity index (χ0n) is 17.6. The highest BCUT2D eigenvalue weighted by Crippen LogP contribution is 2.42. The minimum absolute atomic E-state index is 0.0460. The van der Waals surface area contributed by atoms with Gasteiger partial charge in [-0.2, -0.15) is 13.2 Å². The number of ether oxygens (including phenoxy) is 2. The van der Waals surface area contributed by atoms with Crippen molar-refractivity contribution in [2.24, 2.45) is 0 Å². The van der Waals surface area contributed by atoms with E-state index in [4.69, 9.17) is 16.3 Å². The average Bonchev–Trinajstić information content (AvgIpc) is 3.22. The molecule has 0 aliphatic heterocycles. The van der Waals surface area contributed by atoms with E-state index in [2.05, 4.69) is 9.72 Å². The lowest BCUT2D eigenvalue weighted by atomic mass is 10.0. The number of halogens is 5. The van der Waals surface area contributed by atoms with Crippen LogP contribution in [0.15, 0.2) is 30.6 Å². The lowest BCUT2D eigenvalue weighted by molar-refractivity contribution is -0.385. The van der Waals surface area contributed by atoms with Crippen LogP contribution in [0.5, 0.6) is 5.75 Å². The molecule has 0 radical (unpaired) electrons. The summed E-state index contributed by atoms with van der Waals surface area (Å²) in [4.78, 5) is 25.8. The standard InChI is InChI=1S/C18H12ClF4N3O5.C2H6/c1-2-30-15(27)8-31-13-7-11(20)9(5-12(13)26(28)29)16-10(19)6-14(18(21,22)23)25-4-3-24-17(16)25;1-2/h3-7H,2,8H2,1H3;1-2H3. The first-order valence-electron chi connectivity index (χ1n) is 9.54. The monoisotopic (exact) mass is 491 g/mol. The fourth-order valence-corrected chi connectivity index (χ4v) is 3.14. The summed E-state index contributed by atoms with van der Waals surface area (Å²) in [7, 11) is 0. The van der Waals surface area contributed by atoms with Crippen molar-refractivity contribution in [1.82, 2.24) is 9.38 Å². The summed E-state index contributed by atoms with van der Waals surface area (Å²) in [5, 5.41) is 10.9. The van der Waals surface area contributed by atoms with E-state index >= 15 is 0 Å². The Morgan fingerprint density at radius 2 is 1.94 bits per heavy atom. The van der Waals surface area contributed by atoms with Crippen LogP contribution >= 0.6 is 11.6 Å². The third-order valence-corrected chi connectivity index (χ3v) is 4.38. The molecule has 3 aromatic rings. The molecule has 0 atom stereocenters. The van der Waals surface area contributed by atoms with Gasteiger partial charge in [-0.25, -0.2) is 14.2 Å². The average molecular weight is 492 g/mol. The van der Waals surface area contributed by atoms with E-state index in [9.17, 15) is 32.5 Å². The molecule has 0 fully saturated rings. The van der Waals surface area contributed by atoms with Crippen LogP contribution in [0.1, 0.15) is 26.5 Å². The number of alkyl halides is 3. The van der Waals surface area contributed by atoms with Crippen molar-refractivity contribution in [2.75, 3.05) is 13.2 Å². The topological polar surface area (TPSA) is 96.0 Å². The third-order valence-electron chi connectivity index (χ3n) is 4.08. The van der Waals surface area contributed by atoms with E-state index in [0.717, 1.165) is 18.5 Å². The van der Waals surface area contributed by atoms with Crippen LogP contribution in [0.3, 0.4) is 0 Å². The normalized spacial score (nSPS) is 11.0. The van der Waals surface area contributed by atoms with Crippen LogP contribution in [0, 0.1) is 15.9 Å². The number of hydrogen-bond acceptors (Lipinski definition) is 6. The number of nitrogens with zero attached hydrogens (tertiary/aromatic N) is 3. The summed E-state index contributed by atoms with van der Waals surface area (Å²) >= 11 is 6.00. The minimum atomic E-state index is -4.78. The van der Waals surface area contributed by atoms with E-state index in [1.807, 2.05) is 13.8 Å². The molecule has 13 heteroatoms. The molecule has 0 saturated carbocycles. The predicted molar refractivity (Wildman–Crippen MR) is 111 cm³/mol. The predicted octanol–water partition coefficient (Wildman–Crippen LogP) is 5.69. The molecule has 8 nitrogen and oxygen atoms in total. The van der Waals surface area contributed by atoms with Crippen LogP contribution in [-0.2, 0) is 15.7 Å². The van der Waals surface area contributed by atoms with E-state index in [-0.39, 0.29) is 17.8 Å². The Hall–Kier alpha value is -3.41. The Morgan fingerprint density at radius 3 is 2.52 bits per heavy atom. The van der Waals surface area contributed by atoms with Crippen molar-refractivity contribution >= 4 is 28.9 Å². The van der Waals surface area contributed by atoms with E-state index in [0.29, 0.717) is 16.5 Å². The molecule has 2 aromatic heterocycles. The van der Waals surface area contributed by atoms with Gasteiger partial charge in [-0.1, -0.05) is 25.4 Å². The molecule has 0 aliphatic carbocycles. The Labute approximate surface area is 189 Å². The van der Waals surface area contributed by atoms with Crippen LogP contribution in [0.4, 0.5) is 23.2 Å². The second-order valence-electron chi connectivity index (χ2n) is 6.02. The SMILES string of the molecule is CC.CCOC(=O)COc1cc(F)c(-c2c(Cl)cc(C(F)(F)F)n3ccnc23)cc1[N+](=O)[O-]. The number of nitro benzene ring substituents is 1. The summed E-state index contributed by atoms with van der Waals surface area (Å²) < 4.78 is 65.0. The maximum absolute atomic E-state index is 14.9. The molecule has 1 aromatic carbocycles. The summed E-state index contributed by atoms with van der Waals surface area (Å²) in [5.41, 5.74) is -2.99. The van der Waals surface area contributed by atoms with Gasteiger partial charge in [0.1, 0.15) is 17.2 Å². The molecule has 0 saturated heterocycles. The molecule has 2 heterocycles. The van der Waals surface area contributed by atoms with Gasteiger partial charge in [0.05, 0.1) is 16.6 Å². The fourth-order valence-electron chi connectivity index (χ4n) is 2.85. The number of aromatic nitrogens is 2. The number of hydrogen-bond donors (Lipinski definition) is 0. The number of pyridine rings is 1. The second-order valence-corrected chi connectivity index (χ2v) is 6.43. The molecular weight excluding hydrogens is 474 g/mol. The molecule has 0 aliphatic rings. The van der Waals surface area contributed by atoms with Gasteiger partial charge in [0, 0.05) is 35.7 Å². The van der Waals surface area contributed by atoms with Gasteiger partial charge >= 0.3 is 17.8 Å². The molecular formula is C20H18ClF4N3O5. The van der Waals surface area contributed by atoms with E-state index in [1.54, 1.807) is 6.92 Å². The number of imidazole rings is 1. The van der Waals surface area contributed by atoms with Crippen LogP contribution in [-0.4, -0.2) is 33.5 Å². The molecule has 3 rings (SSSR count). The number of fused-ring (bicyclic) bond motifs is 1. The summed E-state index contributed by atoms with van der Waals surface area (Å²) in [5.74, 6) is -2.48. The lowest BCUT2D eigenvalue weighted by Crippen LogP contribution is -2.15. The second kappa shape index (κ2) is 10.5. The summed E-state index contributed by atoms with van der Waals surface area (Å²) in [6, 6.07) is 1.96. The number of carbonyl (C=O) groups excluding carboxylic acids is 1. The quantitative estimate of drug-likeness (QED) is 0.190. The Balaban J connectivity index is 0.00000187. The highest BCUT2D eigenvalue weighted by Gasteiger charge is 2.35. The molecule has 0 unspecified atom stereocenters. The summed E-state index contributed by atoms with van der Waals surface area (Å²) in [6.45, 7) is 4.88. The zero-order chi connectivity index (χ0) is 24.9. The largest absolute Gasteiger partial charge is 0.475 e. The molecule has 33 heavy (non-hydrogen) atoms. The van der Waals surface area contributed by atoms with Crippen molar-refractivity contribution < 1.29 is 36.8 Å². The minimum Gasteiger partial charge on any atom is -0.475 e. The van der Waals surface area contributed by atoms with Crippen molar-refractivity contribution in [1.29, 1.82) is 0 Å². The zero-order valence-corrected chi connectivity index (χ0v) is 18.3. The highest BCUT2D eigenvalue weighted by atomic mass is 35.5. The molecule has 0 N–H and O–H groups in total. The third kappa shape index (κ3) is 5.51. The number of nitro groups is 1. The first-order chi connectivity index (χ1) is 15.5. The molecule has 0 bridgehead atoms. The highest BCUT2D eigenvalue weighted by molar-refractivity contribution is 6.34. The Kier molecular flexibility index (Phi) is 8.20. The maximum atomic E-state index is 14.9. The van der Waals surface area contributed by atoms with Gasteiger partial charge in [0.25, 0.3) is 0 Å². The van der Waals surface area contributed by atoms with Gasteiger partial charge in [0.15, 0.2) is 6.61 Å². The van der Waals surface area contributed by atoms with Gasteiger partial charge in [-0.3, -0.25) is 14.5 Å². The van der Waals surface area contributed by atoms with Gasteiger partial charge in [-0.05, 0) is 13.0 Å². The van der Waals surface area contributed by atoms with E-state index in [1.165, 1.54) is 0 Å². The number of carbonyl (C=O) groups is 1. The maximum Gasteiger partial charge on any atom is 0.431 e. The van der Waals surface area contributed by atoms with Gasteiger partial charge < -0.3 is 9.47 Å². The van der Waals surface area contributed by atoms with Gasteiger partial charge in [0.2, 0.25) is 5.75 Å². The van der Waals surface area contributed by atoms with Crippen molar-refractivity contribution in [3.8, 4) is 16.9 Å². The van der Waals surface area contributed by atoms with Crippen LogP contribution < -0.4 is 4.74 Å². The fraction of sp³-hybridized carbons (Fsp3) is 0.300. The number of rotatable bonds is 6. The van der Waals surface area contributed by atoms with E-state index < -0.39 is 57.2 Å². The van der Waals surface area contributed by atoms with Crippen molar-refractivity contribution in [2.45, 2.75) is 26.9 Å². The van der Waals surface area contributed by atoms with Crippen LogP contribution in [0.25, 0.3) is 16.8 Å². The lowest BCUT2D eigenvalue weighted by Gasteiger charge is -2.15. The van der Waals surface area contributed by atoms with Gasteiger partial charge in [-0.15, -0.1) is 0 Å². The molecule has 0 spiro atoms. The Morgan fingerprint density at radius 1 is 1.27 bits per heavy atom. The molecule has 0 amide bonds. The first kappa shape index (κ1) is 25.8.